The molecule has 1 aromatic heterocycles. The van der Waals surface area contributed by atoms with Gasteiger partial charge in [-0.05, 0) is 35.9 Å². The molecule has 0 aliphatic heterocycles. The molecule has 0 aliphatic rings. The summed E-state index contributed by atoms with van der Waals surface area (Å²) in [6, 6.07) is 23.3. The van der Waals surface area contributed by atoms with E-state index in [9.17, 15) is 10.1 Å². The molecule has 1 heterocycles. The number of nitro benzene ring substituents is 1. The quantitative estimate of drug-likeness (QED) is 0.353. The monoisotopic (exact) mass is 373 g/mol. The van der Waals surface area contributed by atoms with Crippen molar-refractivity contribution in [2.45, 2.75) is 6.61 Å². The van der Waals surface area contributed by atoms with E-state index in [1.54, 1.807) is 12.1 Å². The van der Waals surface area contributed by atoms with Gasteiger partial charge in [0, 0.05) is 23.3 Å². The minimum Gasteiger partial charge on any atom is -0.489 e. The lowest BCUT2D eigenvalue weighted by Gasteiger charge is -2.06. The van der Waals surface area contributed by atoms with Gasteiger partial charge in [0.2, 0.25) is 5.82 Å². The summed E-state index contributed by atoms with van der Waals surface area (Å²) in [7, 11) is 0. The average molecular weight is 373 g/mol. The topological polar surface area (TPSA) is 91.3 Å². The lowest BCUT2D eigenvalue weighted by atomic mass is 10.2. The summed E-state index contributed by atoms with van der Waals surface area (Å²) in [5.74, 6) is 1.40. The molecular formula is C21H15N3O4. The molecule has 3 aromatic carbocycles. The van der Waals surface area contributed by atoms with Crippen LogP contribution in [0.5, 0.6) is 5.75 Å². The maximum atomic E-state index is 10.8. The number of ether oxygens (including phenoxy) is 1. The van der Waals surface area contributed by atoms with Gasteiger partial charge in [0.05, 0.1) is 4.92 Å². The molecule has 7 nitrogen and oxygen atoms in total. The van der Waals surface area contributed by atoms with Gasteiger partial charge >= 0.3 is 0 Å². The van der Waals surface area contributed by atoms with Crippen LogP contribution in [0.3, 0.4) is 0 Å². The smallest absolute Gasteiger partial charge is 0.269 e. The predicted molar refractivity (Wildman–Crippen MR) is 103 cm³/mol. The third-order valence-electron chi connectivity index (χ3n) is 4.09. The molecule has 0 spiro atoms. The van der Waals surface area contributed by atoms with Crippen molar-refractivity contribution in [1.82, 2.24) is 10.1 Å². The highest BCUT2D eigenvalue weighted by Gasteiger charge is 2.13. The zero-order chi connectivity index (χ0) is 19.3. The van der Waals surface area contributed by atoms with Crippen LogP contribution in [0.25, 0.3) is 22.8 Å². The van der Waals surface area contributed by atoms with E-state index in [1.165, 1.54) is 12.1 Å². The van der Waals surface area contributed by atoms with Crippen molar-refractivity contribution in [3.05, 3.63) is 94.5 Å². The number of benzene rings is 3. The Hall–Kier alpha value is -4.00. The number of hydrogen-bond acceptors (Lipinski definition) is 6. The summed E-state index contributed by atoms with van der Waals surface area (Å²) >= 11 is 0. The van der Waals surface area contributed by atoms with E-state index < -0.39 is 4.92 Å². The van der Waals surface area contributed by atoms with E-state index in [2.05, 4.69) is 10.1 Å². The molecule has 0 radical (unpaired) electrons. The van der Waals surface area contributed by atoms with Crippen LogP contribution in [0, 0.1) is 10.1 Å². The second-order valence-electron chi connectivity index (χ2n) is 6.03. The molecular weight excluding hydrogens is 358 g/mol. The first-order valence-electron chi connectivity index (χ1n) is 8.55. The molecule has 7 heteroatoms. The minimum absolute atomic E-state index is 0.00994. The lowest BCUT2D eigenvalue weighted by Crippen LogP contribution is -1.95. The van der Waals surface area contributed by atoms with E-state index in [1.807, 2.05) is 54.6 Å². The van der Waals surface area contributed by atoms with Crippen molar-refractivity contribution in [1.29, 1.82) is 0 Å². The number of hydrogen-bond donors (Lipinski definition) is 0. The summed E-state index contributed by atoms with van der Waals surface area (Å²) in [6.45, 7) is 0.460. The molecule has 0 fully saturated rings. The number of non-ortho nitro benzene ring substituents is 1. The Morgan fingerprint density at radius 2 is 1.71 bits per heavy atom. The highest BCUT2D eigenvalue weighted by atomic mass is 16.6. The summed E-state index contributed by atoms with van der Waals surface area (Å²) < 4.78 is 11.2. The van der Waals surface area contributed by atoms with Gasteiger partial charge in [0.25, 0.3) is 11.6 Å². The number of nitrogens with zero attached hydrogens (tertiary/aromatic N) is 3. The van der Waals surface area contributed by atoms with Crippen molar-refractivity contribution >= 4 is 5.69 Å². The Bertz CT molecular complexity index is 1090. The van der Waals surface area contributed by atoms with Gasteiger partial charge < -0.3 is 9.26 Å². The van der Waals surface area contributed by atoms with Gasteiger partial charge in [0.1, 0.15) is 12.4 Å². The number of rotatable bonds is 6. The molecule has 0 bridgehead atoms. The molecule has 0 unspecified atom stereocenters. The maximum absolute atomic E-state index is 10.8. The van der Waals surface area contributed by atoms with E-state index in [0.29, 0.717) is 29.6 Å². The van der Waals surface area contributed by atoms with Crippen molar-refractivity contribution in [2.75, 3.05) is 0 Å². The third-order valence-corrected chi connectivity index (χ3v) is 4.09. The van der Waals surface area contributed by atoms with Crippen LogP contribution in [-0.2, 0) is 6.61 Å². The molecule has 4 rings (SSSR count). The minimum atomic E-state index is -0.452. The van der Waals surface area contributed by atoms with Crippen LogP contribution in [0.1, 0.15) is 5.56 Å². The van der Waals surface area contributed by atoms with Crippen LogP contribution in [0.4, 0.5) is 5.69 Å². The van der Waals surface area contributed by atoms with Crippen molar-refractivity contribution in [2.24, 2.45) is 0 Å². The molecule has 0 amide bonds. The van der Waals surface area contributed by atoms with Gasteiger partial charge in [0.15, 0.2) is 0 Å². The standard InChI is InChI=1S/C21H15N3O4/c25-24(26)18-11-9-16(10-12-18)20-22-21(28-23-20)17-7-4-8-19(13-17)27-14-15-5-2-1-3-6-15/h1-13H,14H2. The second kappa shape index (κ2) is 7.71. The molecule has 28 heavy (non-hydrogen) atoms. The van der Waals surface area contributed by atoms with Crippen LogP contribution >= 0.6 is 0 Å². The Morgan fingerprint density at radius 1 is 0.929 bits per heavy atom. The van der Waals surface area contributed by atoms with Crippen LogP contribution < -0.4 is 4.74 Å². The van der Waals surface area contributed by atoms with Crippen LogP contribution in [0.15, 0.2) is 83.4 Å². The third kappa shape index (κ3) is 3.88. The normalized spacial score (nSPS) is 10.6. The molecule has 0 saturated heterocycles. The Morgan fingerprint density at radius 3 is 2.46 bits per heavy atom. The van der Waals surface area contributed by atoms with Crippen LogP contribution in [-0.4, -0.2) is 15.1 Å². The average Bonchev–Trinajstić information content (AvgIpc) is 3.24. The predicted octanol–water partition coefficient (Wildman–Crippen LogP) is 4.89. The van der Waals surface area contributed by atoms with Gasteiger partial charge in [-0.15, -0.1) is 0 Å². The number of aromatic nitrogens is 2. The summed E-state index contributed by atoms with van der Waals surface area (Å²) in [5, 5.41) is 14.7. The zero-order valence-corrected chi connectivity index (χ0v) is 14.7. The van der Waals surface area contributed by atoms with E-state index in [0.717, 1.165) is 11.1 Å². The van der Waals surface area contributed by atoms with Gasteiger partial charge in [-0.25, -0.2) is 0 Å². The largest absolute Gasteiger partial charge is 0.489 e. The molecule has 138 valence electrons. The van der Waals surface area contributed by atoms with E-state index >= 15 is 0 Å². The Kier molecular flexibility index (Phi) is 4.79. The molecule has 0 saturated carbocycles. The maximum Gasteiger partial charge on any atom is 0.269 e. The Labute approximate surface area is 160 Å². The first-order valence-corrected chi connectivity index (χ1v) is 8.55. The molecule has 4 aromatic rings. The van der Waals surface area contributed by atoms with Gasteiger partial charge in [-0.1, -0.05) is 41.6 Å². The van der Waals surface area contributed by atoms with Crippen molar-refractivity contribution in [3.8, 4) is 28.6 Å². The first-order chi connectivity index (χ1) is 13.7. The Balaban J connectivity index is 1.51. The lowest BCUT2D eigenvalue weighted by molar-refractivity contribution is -0.384. The fourth-order valence-corrected chi connectivity index (χ4v) is 2.65. The highest BCUT2D eigenvalue weighted by molar-refractivity contribution is 5.61. The summed E-state index contributed by atoms with van der Waals surface area (Å²) in [4.78, 5) is 14.7. The fraction of sp³-hybridized carbons (Fsp3) is 0.0476. The van der Waals surface area contributed by atoms with Crippen molar-refractivity contribution < 1.29 is 14.2 Å². The highest BCUT2D eigenvalue weighted by Crippen LogP contribution is 2.26. The summed E-state index contributed by atoms with van der Waals surface area (Å²) in [5.41, 5.74) is 2.45. The van der Waals surface area contributed by atoms with E-state index in [-0.39, 0.29) is 5.69 Å². The first kappa shape index (κ1) is 17.4. The van der Waals surface area contributed by atoms with Crippen LogP contribution in [0.2, 0.25) is 0 Å². The number of nitro groups is 1. The zero-order valence-electron chi connectivity index (χ0n) is 14.7. The molecule has 0 aliphatic carbocycles. The van der Waals surface area contributed by atoms with Crippen molar-refractivity contribution in [3.63, 3.8) is 0 Å². The van der Waals surface area contributed by atoms with E-state index in [4.69, 9.17) is 9.26 Å². The molecule has 0 atom stereocenters. The SMILES string of the molecule is O=[N+]([O-])c1ccc(-c2noc(-c3cccc(OCc4ccccc4)c3)n2)cc1. The second-order valence-corrected chi connectivity index (χ2v) is 6.03. The summed E-state index contributed by atoms with van der Waals surface area (Å²) in [6.07, 6.45) is 0. The molecule has 0 N–H and O–H groups in total. The van der Waals surface area contributed by atoms with Gasteiger partial charge in [-0.2, -0.15) is 4.98 Å². The van der Waals surface area contributed by atoms with Gasteiger partial charge in [-0.3, -0.25) is 10.1 Å². The fourth-order valence-electron chi connectivity index (χ4n) is 2.65.